The van der Waals surface area contributed by atoms with E-state index in [0.29, 0.717) is 6.04 Å². The number of nitrogens with zero attached hydrogens (tertiary/aromatic N) is 2. The molecule has 0 amide bonds. The lowest BCUT2D eigenvalue weighted by atomic mass is 9.96. The second-order valence-corrected chi connectivity index (χ2v) is 4.52. The summed E-state index contributed by atoms with van der Waals surface area (Å²) in [7, 11) is 0. The molecule has 0 aromatic carbocycles. The normalized spacial score (nSPS) is 19.8. The van der Waals surface area contributed by atoms with Crippen LogP contribution in [0.5, 0.6) is 0 Å². The Morgan fingerprint density at radius 2 is 2.08 bits per heavy atom. The van der Waals surface area contributed by atoms with Gasteiger partial charge in [0.05, 0.1) is 6.04 Å². The monoisotopic (exact) mass is 276 g/mol. The highest BCUT2D eigenvalue weighted by molar-refractivity contribution is 14.1. The van der Waals surface area contributed by atoms with Crippen LogP contribution in [0.2, 0.25) is 0 Å². The summed E-state index contributed by atoms with van der Waals surface area (Å²) in [4.78, 5) is 0. The van der Waals surface area contributed by atoms with Crippen LogP contribution >= 0.6 is 22.6 Å². The Balaban J connectivity index is 2.08. The summed E-state index contributed by atoms with van der Waals surface area (Å²) in [6.07, 6.45) is 8.91. The van der Waals surface area contributed by atoms with Crippen molar-refractivity contribution in [2.75, 3.05) is 0 Å². The summed E-state index contributed by atoms with van der Waals surface area (Å²) in [6, 6.07) is 2.76. The van der Waals surface area contributed by atoms with Crippen LogP contribution in [0.15, 0.2) is 12.3 Å². The average Bonchev–Trinajstić information content (AvgIpc) is 2.54. The molecule has 1 aromatic heterocycles. The molecule has 0 N–H and O–H groups in total. The van der Waals surface area contributed by atoms with Gasteiger partial charge in [0.2, 0.25) is 0 Å². The molecule has 12 heavy (non-hydrogen) atoms. The molecule has 0 unspecified atom stereocenters. The van der Waals surface area contributed by atoms with Gasteiger partial charge in [-0.25, -0.2) is 0 Å². The molecule has 1 aliphatic rings. The fraction of sp³-hybridized carbons (Fsp3) is 0.667. The molecule has 3 heteroatoms. The maximum absolute atomic E-state index is 4.44. The first-order valence-electron chi connectivity index (χ1n) is 4.57. The molecule has 0 aliphatic heterocycles. The highest BCUT2D eigenvalue weighted by Gasteiger charge is 2.15. The Labute approximate surface area is 86.5 Å². The smallest absolute Gasteiger partial charge is 0.123 e. The zero-order chi connectivity index (χ0) is 8.39. The minimum atomic E-state index is 0.683. The number of hydrogen-bond donors (Lipinski definition) is 0. The van der Waals surface area contributed by atoms with Crippen LogP contribution in [0.1, 0.15) is 38.1 Å². The van der Waals surface area contributed by atoms with Crippen LogP contribution in [0.25, 0.3) is 0 Å². The summed E-state index contributed by atoms with van der Waals surface area (Å²) in [5.41, 5.74) is 0. The van der Waals surface area contributed by atoms with E-state index >= 15 is 0 Å². The van der Waals surface area contributed by atoms with Crippen LogP contribution in [0.3, 0.4) is 0 Å². The van der Waals surface area contributed by atoms with Gasteiger partial charge in [0, 0.05) is 6.20 Å². The van der Waals surface area contributed by atoms with Crippen LogP contribution in [-0.4, -0.2) is 9.78 Å². The topological polar surface area (TPSA) is 17.8 Å². The predicted octanol–water partition coefficient (Wildman–Crippen LogP) is 2.99. The lowest BCUT2D eigenvalue weighted by Gasteiger charge is -2.21. The van der Waals surface area contributed by atoms with Crippen molar-refractivity contribution < 1.29 is 0 Å². The molecule has 0 saturated heterocycles. The van der Waals surface area contributed by atoms with Gasteiger partial charge in [0.25, 0.3) is 0 Å². The van der Waals surface area contributed by atoms with Crippen molar-refractivity contribution in [1.29, 1.82) is 0 Å². The molecule has 0 atom stereocenters. The third-order valence-electron chi connectivity index (χ3n) is 2.52. The molecule has 2 rings (SSSR count). The van der Waals surface area contributed by atoms with Gasteiger partial charge in [0.1, 0.15) is 3.70 Å². The van der Waals surface area contributed by atoms with Gasteiger partial charge in [-0.05, 0) is 41.5 Å². The maximum Gasteiger partial charge on any atom is 0.123 e. The Morgan fingerprint density at radius 3 is 2.67 bits per heavy atom. The first-order valence-corrected chi connectivity index (χ1v) is 5.65. The van der Waals surface area contributed by atoms with Gasteiger partial charge in [0.15, 0.2) is 0 Å². The number of aromatic nitrogens is 2. The minimum Gasteiger partial charge on any atom is -0.269 e. The molecular weight excluding hydrogens is 263 g/mol. The molecule has 1 heterocycles. The van der Waals surface area contributed by atoms with E-state index in [-0.39, 0.29) is 0 Å². The Kier molecular flexibility index (Phi) is 2.68. The molecule has 1 aromatic rings. The summed E-state index contributed by atoms with van der Waals surface area (Å²) in [6.45, 7) is 0. The third-order valence-corrected chi connectivity index (χ3v) is 3.10. The van der Waals surface area contributed by atoms with Crippen molar-refractivity contribution in [3.63, 3.8) is 0 Å². The Bertz CT molecular complexity index is 251. The highest BCUT2D eigenvalue weighted by Crippen LogP contribution is 2.27. The van der Waals surface area contributed by atoms with Crippen molar-refractivity contribution in [3.8, 4) is 0 Å². The van der Waals surface area contributed by atoms with E-state index < -0.39 is 0 Å². The fourth-order valence-corrected chi connectivity index (χ4v) is 2.27. The van der Waals surface area contributed by atoms with Gasteiger partial charge in [-0.15, -0.1) is 0 Å². The van der Waals surface area contributed by atoms with Crippen LogP contribution < -0.4 is 0 Å². The average molecular weight is 276 g/mol. The second kappa shape index (κ2) is 3.77. The molecule has 0 bridgehead atoms. The van der Waals surface area contributed by atoms with E-state index in [4.69, 9.17) is 0 Å². The van der Waals surface area contributed by atoms with E-state index in [0.717, 1.165) is 3.70 Å². The molecule has 0 radical (unpaired) electrons. The summed E-state index contributed by atoms with van der Waals surface area (Å²) in [5.74, 6) is 0. The van der Waals surface area contributed by atoms with E-state index in [1.807, 2.05) is 0 Å². The molecular formula is C9H13IN2. The van der Waals surface area contributed by atoms with E-state index in [1.165, 1.54) is 32.1 Å². The molecule has 1 aliphatic carbocycles. The van der Waals surface area contributed by atoms with Crippen molar-refractivity contribution in [1.82, 2.24) is 9.78 Å². The standard InChI is InChI=1S/C9H13IN2/c10-9-6-7-12(11-9)8-4-2-1-3-5-8/h6-8H,1-5H2. The number of rotatable bonds is 1. The molecule has 1 saturated carbocycles. The van der Waals surface area contributed by atoms with Gasteiger partial charge in [-0.1, -0.05) is 19.3 Å². The number of hydrogen-bond acceptors (Lipinski definition) is 1. The lowest BCUT2D eigenvalue weighted by Crippen LogP contribution is -2.13. The van der Waals surface area contributed by atoms with Crippen LogP contribution in [0, 0.1) is 3.70 Å². The van der Waals surface area contributed by atoms with Gasteiger partial charge < -0.3 is 0 Å². The van der Waals surface area contributed by atoms with E-state index in [2.05, 4.69) is 44.6 Å². The van der Waals surface area contributed by atoms with Crippen molar-refractivity contribution >= 4 is 22.6 Å². The highest BCUT2D eigenvalue weighted by atomic mass is 127. The van der Waals surface area contributed by atoms with Crippen molar-refractivity contribution in [3.05, 3.63) is 16.0 Å². The molecule has 0 spiro atoms. The second-order valence-electron chi connectivity index (χ2n) is 3.41. The Morgan fingerprint density at radius 1 is 1.33 bits per heavy atom. The van der Waals surface area contributed by atoms with Crippen LogP contribution in [0.4, 0.5) is 0 Å². The summed E-state index contributed by atoms with van der Waals surface area (Å²) in [5, 5.41) is 4.44. The number of halogens is 1. The predicted molar refractivity (Wildman–Crippen MR) is 57.1 cm³/mol. The van der Waals surface area contributed by atoms with Gasteiger partial charge in [-0.3, -0.25) is 4.68 Å². The third kappa shape index (κ3) is 1.81. The maximum atomic E-state index is 4.44. The van der Waals surface area contributed by atoms with E-state index in [1.54, 1.807) is 0 Å². The van der Waals surface area contributed by atoms with Crippen LogP contribution in [-0.2, 0) is 0 Å². The lowest BCUT2D eigenvalue weighted by molar-refractivity contribution is 0.328. The largest absolute Gasteiger partial charge is 0.269 e. The van der Waals surface area contributed by atoms with Crippen molar-refractivity contribution in [2.45, 2.75) is 38.1 Å². The molecule has 66 valence electrons. The molecule has 1 fully saturated rings. The SMILES string of the molecule is Ic1ccn(C2CCCCC2)n1. The first-order chi connectivity index (χ1) is 5.86. The fourth-order valence-electron chi connectivity index (χ4n) is 1.86. The van der Waals surface area contributed by atoms with E-state index in [9.17, 15) is 0 Å². The van der Waals surface area contributed by atoms with Gasteiger partial charge in [-0.2, -0.15) is 5.10 Å². The molecule has 2 nitrogen and oxygen atoms in total. The quantitative estimate of drug-likeness (QED) is 0.721. The summed E-state index contributed by atoms with van der Waals surface area (Å²) < 4.78 is 3.25. The first kappa shape index (κ1) is 8.53. The Hall–Kier alpha value is -0.0600. The summed E-state index contributed by atoms with van der Waals surface area (Å²) >= 11 is 2.26. The van der Waals surface area contributed by atoms with Crippen molar-refractivity contribution in [2.24, 2.45) is 0 Å². The zero-order valence-corrected chi connectivity index (χ0v) is 9.20. The zero-order valence-electron chi connectivity index (χ0n) is 7.04. The minimum absolute atomic E-state index is 0.683. The van der Waals surface area contributed by atoms with Gasteiger partial charge >= 0.3 is 0 Å².